The van der Waals surface area contributed by atoms with E-state index in [-0.39, 0.29) is 37.3 Å². The standard InChI is InChI=1S/C29H32FN3O4/c1-5-36-28(34)14-20-6-7-21(35-4)15-27(20)37-17-19-12-24(23-8-10-32-25(16-31)29(23)30)22-9-11-33(18(2)3)26(22)13-19/h6-13,15,18H,5,14,16-17,31H2,1-4H3. The van der Waals surface area contributed by atoms with E-state index in [9.17, 15) is 4.79 Å². The van der Waals surface area contributed by atoms with E-state index in [1.807, 2.05) is 24.4 Å². The van der Waals surface area contributed by atoms with Crippen LogP contribution in [0.5, 0.6) is 11.5 Å². The number of hydrogen-bond donors (Lipinski definition) is 1. The van der Waals surface area contributed by atoms with Gasteiger partial charge in [-0.2, -0.15) is 0 Å². The van der Waals surface area contributed by atoms with E-state index in [1.54, 1.807) is 44.5 Å². The zero-order valence-electron chi connectivity index (χ0n) is 21.6. The number of fused-ring (bicyclic) bond motifs is 1. The number of rotatable bonds is 10. The van der Waals surface area contributed by atoms with Crippen LogP contribution in [0, 0.1) is 5.82 Å². The zero-order valence-corrected chi connectivity index (χ0v) is 21.6. The lowest BCUT2D eigenvalue weighted by molar-refractivity contribution is -0.142. The average Bonchev–Trinajstić information content (AvgIpc) is 3.32. The third kappa shape index (κ3) is 5.59. The molecule has 2 aromatic carbocycles. The smallest absolute Gasteiger partial charge is 0.310 e. The second kappa shape index (κ2) is 11.4. The van der Waals surface area contributed by atoms with Crippen LogP contribution in [0.4, 0.5) is 4.39 Å². The normalized spacial score (nSPS) is 11.2. The molecule has 0 aliphatic carbocycles. The molecule has 0 saturated carbocycles. The lowest BCUT2D eigenvalue weighted by Gasteiger charge is -2.16. The third-order valence-corrected chi connectivity index (χ3v) is 6.21. The Morgan fingerprint density at radius 1 is 1.14 bits per heavy atom. The first kappa shape index (κ1) is 26.2. The predicted octanol–water partition coefficient (Wildman–Crippen LogP) is 5.58. The van der Waals surface area contributed by atoms with Gasteiger partial charge < -0.3 is 24.5 Å². The Balaban J connectivity index is 1.76. The Bertz CT molecular complexity index is 1410. The van der Waals surface area contributed by atoms with Gasteiger partial charge in [0.25, 0.3) is 0 Å². The second-order valence-corrected chi connectivity index (χ2v) is 8.96. The van der Waals surface area contributed by atoms with Crippen LogP contribution in [0.3, 0.4) is 0 Å². The van der Waals surface area contributed by atoms with Gasteiger partial charge in [-0.05, 0) is 62.2 Å². The Morgan fingerprint density at radius 3 is 2.65 bits per heavy atom. The number of carbonyl (C=O) groups excluding carboxylic acids is 1. The fourth-order valence-corrected chi connectivity index (χ4v) is 4.38. The van der Waals surface area contributed by atoms with Crippen LogP contribution >= 0.6 is 0 Å². The number of nitrogens with zero attached hydrogens (tertiary/aromatic N) is 2. The van der Waals surface area contributed by atoms with Gasteiger partial charge in [-0.25, -0.2) is 4.39 Å². The summed E-state index contributed by atoms with van der Waals surface area (Å²) in [7, 11) is 1.57. The molecule has 0 atom stereocenters. The van der Waals surface area contributed by atoms with Gasteiger partial charge in [-0.3, -0.25) is 9.78 Å². The number of halogens is 1. The number of hydrogen-bond acceptors (Lipinski definition) is 6. The van der Waals surface area contributed by atoms with Crippen LogP contribution in [0.25, 0.3) is 22.0 Å². The predicted molar refractivity (Wildman–Crippen MR) is 141 cm³/mol. The maximum absolute atomic E-state index is 15.3. The molecule has 2 aromatic heterocycles. The lowest BCUT2D eigenvalue weighted by atomic mass is 9.98. The molecule has 0 aliphatic heterocycles. The zero-order chi connectivity index (χ0) is 26.5. The number of carbonyl (C=O) groups is 1. The molecule has 37 heavy (non-hydrogen) atoms. The Kier molecular flexibility index (Phi) is 8.08. The summed E-state index contributed by atoms with van der Waals surface area (Å²) in [5.41, 5.74) is 9.62. The van der Waals surface area contributed by atoms with Crippen LogP contribution in [-0.2, 0) is 29.1 Å². The molecule has 4 aromatic rings. The highest BCUT2D eigenvalue weighted by molar-refractivity contribution is 5.96. The van der Waals surface area contributed by atoms with Crippen molar-refractivity contribution in [2.24, 2.45) is 5.73 Å². The van der Waals surface area contributed by atoms with Crippen LogP contribution in [0.1, 0.15) is 43.6 Å². The minimum absolute atomic E-state index is 0.0116. The van der Waals surface area contributed by atoms with Gasteiger partial charge in [0.15, 0.2) is 5.82 Å². The summed E-state index contributed by atoms with van der Waals surface area (Å²) in [4.78, 5) is 16.2. The van der Waals surface area contributed by atoms with Crippen molar-refractivity contribution in [3.05, 3.63) is 77.5 Å². The molecular weight excluding hydrogens is 473 g/mol. The number of aromatic nitrogens is 2. The molecule has 0 radical (unpaired) electrons. The van der Waals surface area contributed by atoms with Gasteiger partial charge in [0, 0.05) is 53.1 Å². The molecule has 7 nitrogen and oxygen atoms in total. The molecule has 0 saturated heterocycles. The molecule has 0 amide bonds. The fraction of sp³-hybridized carbons (Fsp3) is 0.310. The Morgan fingerprint density at radius 2 is 1.95 bits per heavy atom. The molecule has 2 N–H and O–H groups in total. The largest absolute Gasteiger partial charge is 0.497 e. The number of nitrogens with two attached hydrogens (primary N) is 1. The summed E-state index contributed by atoms with van der Waals surface area (Å²) in [6.45, 7) is 6.48. The number of esters is 1. The molecule has 0 fully saturated rings. The lowest BCUT2D eigenvalue weighted by Crippen LogP contribution is -2.09. The SMILES string of the molecule is CCOC(=O)Cc1ccc(OC)cc1OCc1cc(-c2ccnc(CN)c2F)c2ccn(C(C)C)c2c1. The van der Waals surface area contributed by atoms with Gasteiger partial charge in [-0.1, -0.05) is 6.07 Å². The van der Waals surface area contributed by atoms with E-state index in [1.165, 1.54) is 0 Å². The molecule has 0 aliphatic rings. The van der Waals surface area contributed by atoms with Crippen LogP contribution < -0.4 is 15.2 Å². The molecule has 194 valence electrons. The van der Waals surface area contributed by atoms with Crippen LogP contribution in [0.2, 0.25) is 0 Å². The Hall–Kier alpha value is -3.91. The monoisotopic (exact) mass is 505 g/mol. The average molecular weight is 506 g/mol. The van der Waals surface area contributed by atoms with Gasteiger partial charge >= 0.3 is 5.97 Å². The van der Waals surface area contributed by atoms with E-state index in [4.69, 9.17) is 19.9 Å². The molecule has 0 bridgehead atoms. The first-order chi connectivity index (χ1) is 17.9. The molecule has 4 rings (SSSR count). The van der Waals surface area contributed by atoms with Crippen molar-refractivity contribution in [3.8, 4) is 22.6 Å². The number of methoxy groups -OCH3 is 1. The maximum Gasteiger partial charge on any atom is 0.310 e. The molecule has 8 heteroatoms. The van der Waals surface area contributed by atoms with Gasteiger partial charge in [0.2, 0.25) is 0 Å². The topological polar surface area (TPSA) is 88.6 Å². The molecule has 0 unspecified atom stereocenters. The summed E-state index contributed by atoms with van der Waals surface area (Å²) >= 11 is 0. The van der Waals surface area contributed by atoms with Gasteiger partial charge in [-0.15, -0.1) is 0 Å². The van der Waals surface area contributed by atoms with Crippen molar-refractivity contribution < 1.29 is 23.4 Å². The van der Waals surface area contributed by atoms with E-state index >= 15 is 4.39 Å². The minimum Gasteiger partial charge on any atom is -0.497 e. The minimum atomic E-state index is -0.425. The van der Waals surface area contributed by atoms with Crippen LogP contribution in [-0.4, -0.2) is 29.2 Å². The quantitative estimate of drug-likeness (QED) is 0.283. The number of pyridine rings is 1. The Labute approximate surface area is 216 Å². The van der Waals surface area contributed by atoms with Crippen molar-refractivity contribution in [2.45, 2.75) is 46.4 Å². The first-order valence-corrected chi connectivity index (χ1v) is 12.3. The summed E-state index contributed by atoms with van der Waals surface area (Å²) in [6, 6.07) is 13.2. The summed E-state index contributed by atoms with van der Waals surface area (Å²) in [5.74, 6) is 0.375. The highest BCUT2D eigenvalue weighted by atomic mass is 19.1. The number of ether oxygens (including phenoxy) is 3. The third-order valence-electron chi connectivity index (χ3n) is 6.21. The van der Waals surface area contributed by atoms with E-state index < -0.39 is 5.82 Å². The van der Waals surface area contributed by atoms with Crippen molar-refractivity contribution >= 4 is 16.9 Å². The van der Waals surface area contributed by atoms with E-state index in [0.29, 0.717) is 29.2 Å². The molecular formula is C29H32FN3O4. The van der Waals surface area contributed by atoms with Gasteiger partial charge in [0.05, 0.1) is 25.8 Å². The van der Waals surface area contributed by atoms with Crippen LogP contribution in [0.15, 0.2) is 54.9 Å². The summed E-state index contributed by atoms with van der Waals surface area (Å²) in [6.07, 6.45) is 3.66. The van der Waals surface area contributed by atoms with Crippen molar-refractivity contribution in [1.29, 1.82) is 0 Å². The first-order valence-electron chi connectivity index (χ1n) is 12.3. The van der Waals surface area contributed by atoms with Crippen molar-refractivity contribution in [2.75, 3.05) is 13.7 Å². The van der Waals surface area contributed by atoms with E-state index in [0.717, 1.165) is 22.0 Å². The molecule has 0 spiro atoms. The summed E-state index contributed by atoms with van der Waals surface area (Å²) < 4.78 is 34.1. The fourth-order valence-electron chi connectivity index (χ4n) is 4.38. The van der Waals surface area contributed by atoms with Crippen molar-refractivity contribution in [1.82, 2.24) is 9.55 Å². The highest BCUT2D eigenvalue weighted by Gasteiger charge is 2.18. The van der Waals surface area contributed by atoms with E-state index in [2.05, 4.69) is 23.4 Å². The summed E-state index contributed by atoms with van der Waals surface area (Å²) in [5, 5.41) is 0.926. The number of benzene rings is 2. The van der Waals surface area contributed by atoms with Crippen molar-refractivity contribution in [3.63, 3.8) is 0 Å². The molecule has 2 heterocycles. The highest BCUT2D eigenvalue weighted by Crippen LogP contribution is 2.35. The van der Waals surface area contributed by atoms with Gasteiger partial charge in [0.1, 0.15) is 18.1 Å². The maximum atomic E-state index is 15.3. The second-order valence-electron chi connectivity index (χ2n) is 8.96.